The number of aryl methyl sites for hydroxylation is 1. The van der Waals surface area contributed by atoms with Gasteiger partial charge in [0, 0.05) is 12.6 Å². The van der Waals surface area contributed by atoms with Gasteiger partial charge in [-0.05, 0) is 43.5 Å². The van der Waals surface area contributed by atoms with Crippen LogP contribution >= 0.6 is 0 Å². The second kappa shape index (κ2) is 8.08. The lowest BCUT2D eigenvalue weighted by molar-refractivity contribution is 0.201. The number of hydrogen-bond donors (Lipinski definition) is 3. The van der Waals surface area contributed by atoms with Crippen LogP contribution in [0.3, 0.4) is 0 Å². The number of benzene rings is 1. The third-order valence-electron chi connectivity index (χ3n) is 3.00. The van der Waals surface area contributed by atoms with Gasteiger partial charge in [0.2, 0.25) is 0 Å². The van der Waals surface area contributed by atoms with Crippen LogP contribution in [0.15, 0.2) is 18.2 Å². The zero-order valence-corrected chi connectivity index (χ0v) is 11.1. The van der Waals surface area contributed by atoms with Crippen molar-refractivity contribution >= 4 is 0 Å². The Morgan fingerprint density at radius 2 is 2.11 bits per heavy atom. The summed E-state index contributed by atoms with van der Waals surface area (Å²) in [4.78, 5) is 0. The Kier molecular flexibility index (Phi) is 6.72. The van der Waals surface area contributed by atoms with Crippen LogP contribution in [0.25, 0.3) is 0 Å². The molecule has 1 rings (SSSR count). The number of aliphatic hydroxyl groups excluding tert-OH is 2. The predicted molar refractivity (Wildman–Crippen MR) is 72.0 cm³/mol. The molecule has 0 saturated heterocycles. The van der Waals surface area contributed by atoms with Crippen LogP contribution in [0.5, 0.6) is 5.75 Å². The van der Waals surface area contributed by atoms with Crippen LogP contribution < -0.4 is 10.1 Å². The molecule has 0 aliphatic rings. The SMILES string of the molecule is COc1ccc(CCNC(CO)CCO)cc1C. The number of hydrogen-bond acceptors (Lipinski definition) is 4. The number of methoxy groups -OCH3 is 1. The fraction of sp³-hybridized carbons (Fsp3) is 0.571. The third kappa shape index (κ3) is 4.64. The van der Waals surface area contributed by atoms with Gasteiger partial charge in [0.25, 0.3) is 0 Å². The van der Waals surface area contributed by atoms with Crippen LogP contribution in [-0.4, -0.2) is 43.1 Å². The van der Waals surface area contributed by atoms with Gasteiger partial charge in [0.1, 0.15) is 5.75 Å². The summed E-state index contributed by atoms with van der Waals surface area (Å²) in [5, 5.41) is 21.1. The highest BCUT2D eigenvalue weighted by molar-refractivity contribution is 5.36. The minimum Gasteiger partial charge on any atom is -0.496 e. The molecule has 0 aliphatic carbocycles. The van der Waals surface area contributed by atoms with E-state index in [4.69, 9.17) is 14.9 Å². The number of aliphatic hydroxyl groups is 2. The smallest absolute Gasteiger partial charge is 0.121 e. The highest BCUT2D eigenvalue weighted by Gasteiger charge is 2.05. The first-order chi connectivity index (χ1) is 8.71. The average Bonchev–Trinajstić information content (AvgIpc) is 2.38. The Morgan fingerprint density at radius 1 is 1.33 bits per heavy atom. The topological polar surface area (TPSA) is 61.7 Å². The molecule has 1 atom stereocenters. The minimum atomic E-state index is -0.0191. The first-order valence-corrected chi connectivity index (χ1v) is 6.30. The number of ether oxygens (including phenoxy) is 1. The van der Waals surface area contributed by atoms with Gasteiger partial charge in [-0.15, -0.1) is 0 Å². The van der Waals surface area contributed by atoms with Crippen molar-refractivity contribution in [1.82, 2.24) is 5.32 Å². The molecule has 0 bridgehead atoms. The van der Waals surface area contributed by atoms with Crippen LogP contribution in [-0.2, 0) is 6.42 Å². The molecule has 1 aromatic rings. The van der Waals surface area contributed by atoms with Crippen LogP contribution in [0, 0.1) is 6.92 Å². The lowest BCUT2D eigenvalue weighted by Crippen LogP contribution is -2.34. The predicted octanol–water partition coefficient (Wildman–Crippen LogP) is 0.879. The summed E-state index contributed by atoms with van der Waals surface area (Å²) >= 11 is 0. The Morgan fingerprint density at radius 3 is 2.67 bits per heavy atom. The van der Waals surface area contributed by atoms with Gasteiger partial charge in [-0.2, -0.15) is 0 Å². The average molecular weight is 253 g/mol. The summed E-state index contributed by atoms with van der Waals surface area (Å²) in [6.07, 6.45) is 1.48. The fourth-order valence-corrected chi connectivity index (χ4v) is 1.93. The van der Waals surface area contributed by atoms with E-state index in [9.17, 15) is 0 Å². The lowest BCUT2D eigenvalue weighted by atomic mass is 10.1. The fourth-order valence-electron chi connectivity index (χ4n) is 1.93. The molecule has 0 heterocycles. The van der Waals surface area contributed by atoms with Crippen LogP contribution in [0.1, 0.15) is 17.5 Å². The van der Waals surface area contributed by atoms with Crippen molar-refractivity contribution in [2.75, 3.05) is 26.9 Å². The maximum absolute atomic E-state index is 9.08. The minimum absolute atomic E-state index is 0.0191. The van der Waals surface area contributed by atoms with Crippen molar-refractivity contribution < 1.29 is 14.9 Å². The van der Waals surface area contributed by atoms with Gasteiger partial charge >= 0.3 is 0 Å². The van der Waals surface area contributed by atoms with Gasteiger partial charge in [-0.25, -0.2) is 0 Å². The summed E-state index contributed by atoms with van der Waals surface area (Å²) in [7, 11) is 1.67. The molecule has 0 amide bonds. The monoisotopic (exact) mass is 253 g/mol. The molecule has 0 saturated carbocycles. The summed E-state index contributed by atoms with van der Waals surface area (Å²) in [6.45, 7) is 2.97. The lowest BCUT2D eigenvalue weighted by Gasteiger charge is -2.15. The molecule has 0 spiro atoms. The highest BCUT2D eigenvalue weighted by Crippen LogP contribution is 2.18. The second-order valence-electron chi connectivity index (χ2n) is 4.40. The Balaban J connectivity index is 2.41. The summed E-state index contributed by atoms with van der Waals surface area (Å²) in [6, 6.07) is 6.12. The quantitative estimate of drug-likeness (QED) is 0.643. The molecule has 4 heteroatoms. The number of nitrogens with one attached hydrogen (secondary N) is 1. The first kappa shape index (κ1) is 15.0. The molecule has 18 heavy (non-hydrogen) atoms. The maximum Gasteiger partial charge on any atom is 0.121 e. The molecule has 102 valence electrons. The largest absolute Gasteiger partial charge is 0.496 e. The van der Waals surface area contributed by atoms with Gasteiger partial charge in [-0.3, -0.25) is 0 Å². The Bertz CT molecular complexity index is 355. The molecule has 0 radical (unpaired) electrons. The van der Waals surface area contributed by atoms with E-state index >= 15 is 0 Å². The normalized spacial score (nSPS) is 12.4. The molecular weight excluding hydrogens is 230 g/mol. The summed E-state index contributed by atoms with van der Waals surface area (Å²) in [5.74, 6) is 0.903. The van der Waals surface area contributed by atoms with E-state index in [0.29, 0.717) is 6.42 Å². The molecule has 0 aliphatic heterocycles. The van der Waals surface area contributed by atoms with Gasteiger partial charge < -0.3 is 20.3 Å². The third-order valence-corrected chi connectivity index (χ3v) is 3.00. The molecule has 0 aromatic heterocycles. The van der Waals surface area contributed by atoms with Gasteiger partial charge in [-0.1, -0.05) is 12.1 Å². The van der Waals surface area contributed by atoms with Crippen LogP contribution in [0.4, 0.5) is 0 Å². The van der Waals surface area contributed by atoms with Crippen LogP contribution in [0.2, 0.25) is 0 Å². The van der Waals surface area contributed by atoms with E-state index in [-0.39, 0.29) is 19.3 Å². The molecular formula is C14H23NO3. The van der Waals surface area contributed by atoms with Crippen molar-refractivity contribution in [1.29, 1.82) is 0 Å². The molecule has 3 N–H and O–H groups in total. The summed E-state index contributed by atoms with van der Waals surface area (Å²) in [5.41, 5.74) is 2.37. The Hall–Kier alpha value is -1.10. The van der Waals surface area contributed by atoms with E-state index < -0.39 is 0 Å². The first-order valence-electron chi connectivity index (χ1n) is 6.30. The molecule has 1 unspecified atom stereocenters. The van der Waals surface area contributed by atoms with Crippen molar-refractivity contribution in [3.8, 4) is 5.75 Å². The number of rotatable bonds is 8. The Labute approximate surface area is 109 Å². The van der Waals surface area contributed by atoms with Gasteiger partial charge in [0.15, 0.2) is 0 Å². The zero-order valence-electron chi connectivity index (χ0n) is 11.1. The van der Waals surface area contributed by atoms with Crippen molar-refractivity contribution in [3.63, 3.8) is 0 Å². The van der Waals surface area contributed by atoms with Crippen molar-refractivity contribution in [3.05, 3.63) is 29.3 Å². The standard InChI is InChI=1S/C14H23NO3/c1-11-9-12(3-4-14(11)18-2)5-7-15-13(10-17)6-8-16/h3-4,9,13,15-17H,5-8,10H2,1-2H3. The van der Waals surface area contributed by atoms with E-state index in [0.717, 1.165) is 24.3 Å². The van der Waals surface area contributed by atoms with Crippen molar-refractivity contribution in [2.45, 2.75) is 25.8 Å². The highest BCUT2D eigenvalue weighted by atomic mass is 16.5. The summed E-state index contributed by atoms with van der Waals surface area (Å²) < 4.78 is 5.22. The molecule has 0 fully saturated rings. The van der Waals surface area contributed by atoms with E-state index in [1.807, 2.05) is 19.1 Å². The van der Waals surface area contributed by atoms with E-state index in [1.165, 1.54) is 5.56 Å². The van der Waals surface area contributed by atoms with Crippen molar-refractivity contribution in [2.24, 2.45) is 0 Å². The van der Waals surface area contributed by atoms with Gasteiger partial charge in [0.05, 0.1) is 13.7 Å². The van der Waals surface area contributed by atoms with E-state index in [1.54, 1.807) is 7.11 Å². The molecule has 4 nitrogen and oxygen atoms in total. The maximum atomic E-state index is 9.08. The molecule has 1 aromatic carbocycles. The van der Waals surface area contributed by atoms with E-state index in [2.05, 4.69) is 11.4 Å². The zero-order chi connectivity index (χ0) is 13.4. The second-order valence-corrected chi connectivity index (χ2v) is 4.40.